The number of aromatic nitrogens is 1. The fourth-order valence-electron chi connectivity index (χ4n) is 2.99. The van der Waals surface area contributed by atoms with Crippen molar-refractivity contribution in [1.82, 2.24) is 4.98 Å². The molecule has 0 aliphatic carbocycles. The van der Waals surface area contributed by atoms with E-state index in [4.69, 9.17) is 9.15 Å². The third-order valence-corrected chi connectivity index (χ3v) is 4.41. The number of carbonyl (C=O) groups is 1. The summed E-state index contributed by atoms with van der Waals surface area (Å²) in [5, 5.41) is 13.0. The molecule has 0 fully saturated rings. The highest BCUT2D eigenvalue weighted by molar-refractivity contribution is 5.93. The van der Waals surface area contributed by atoms with Crippen molar-refractivity contribution in [3.8, 4) is 23.0 Å². The van der Waals surface area contributed by atoms with E-state index in [1.54, 1.807) is 18.2 Å². The Bertz CT molecular complexity index is 1200. The van der Waals surface area contributed by atoms with E-state index in [1.165, 1.54) is 6.07 Å². The van der Waals surface area contributed by atoms with E-state index in [2.05, 4.69) is 10.3 Å². The molecule has 3 aromatic carbocycles. The highest BCUT2D eigenvalue weighted by Crippen LogP contribution is 2.33. The SMILES string of the molecule is Cc1cccc(OCC(=O)Nc2ccc(O)c(-c3nc4cc(C)ccc4o3)c2)c1. The van der Waals surface area contributed by atoms with Crippen molar-refractivity contribution in [2.75, 3.05) is 11.9 Å². The Labute approximate surface area is 167 Å². The maximum absolute atomic E-state index is 12.2. The smallest absolute Gasteiger partial charge is 0.262 e. The van der Waals surface area contributed by atoms with Gasteiger partial charge in [-0.05, 0) is 67.4 Å². The quantitative estimate of drug-likeness (QED) is 0.478. The largest absolute Gasteiger partial charge is 0.507 e. The zero-order valence-electron chi connectivity index (χ0n) is 16.1. The summed E-state index contributed by atoms with van der Waals surface area (Å²) in [6, 6.07) is 17.9. The number of oxazole rings is 1. The second-order valence-corrected chi connectivity index (χ2v) is 6.88. The van der Waals surface area contributed by atoms with E-state index < -0.39 is 0 Å². The van der Waals surface area contributed by atoms with Crippen molar-refractivity contribution in [2.45, 2.75) is 13.8 Å². The maximum atomic E-state index is 12.2. The molecule has 4 aromatic rings. The number of fused-ring (bicyclic) bond motifs is 1. The highest BCUT2D eigenvalue weighted by Gasteiger charge is 2.14. The zero-order chi connectivity index (χ0) is 20.4. The fraction of sp³-hybridized carbons (Fsp3) is 0.130. The van der Waals surface area contributed by atoms with Crippen LogP contribution in [0, 0.1) is 13.8 Å². The molecule has 29 heavy (non-hydrogen) atoms. The Morgan fingerprint density at radius 2 is 1.90 bits per heavy atom. The van der Waals surface area contributed by atoms with Crippen molar-refractivity contribution in [3.05, 3.63) is 71.8 Å². The predicted molar refractivity (Wildman–Crippen MR) is 111 cm³/mol. The zero-order valence-corrected chi connectivity index (χ0v) is 16.1. The van der Waals surface area contributed by atoms with Gasteiger partial charge in [0.15, 0.2) is 12.2 Å². The van der Waals surface area contributed by atoms with Gasteiger partial charge in [-0.25, -0.2) is 4.98 Å². The van der Waals surface area contributed by atoms with Crippen LogP contribution < -0.4 is 10.1 Å². The van der Waals surface area contributed by atoms with Crippen LogP contribution in [-0.2, 0) is 4.79 Å². The first-order valence-corrected chi connectivity index (χ1v) is 9.18. The molecule has 146 valence electrons. The number of rotatable bonds is 5. The summed E-state index contributed by atoms with van der Waals surface area (Å²) in [6.07, 6.45) is 0. The number of hydrogen-bond donors (Lipinski definition) is 2. The van der Waals surface area contributed by atoms with Crippen molar-refractivity contribution < 1.29 is 19.1 Å². The summed E-state index contributed by atoms with van der Waals surface area (Å²) in [6.45, 7) is 3.81. The van der Waals surface area contributed by atoms with Crippen molar-refractivity contribution >= 4 is 22.7 Å². The second-order valence-electron chi connectivity index (χ2n) is 6.88. The summed E-state index contributed by atoms with van der Waals surface area (Å²) >= 11 is 0. The Morgan fingerprint density at radius 3 is 2.72 bits per heavy atom. The lowest BCUT2D eigenvalue weighted by atomic mass is 10.1. The lowest BCUT2D eigenvalue weighted by molar-refractivity contribution is -0.118. The van der Waals surface area contributed by atoms with Crippen LogP contribution in [0.5, 0.6) is 11.5 Å². The molecule has 6 heteroatoms. The van der Waals surface area contributed by atoms with E-state index in [0.717, 1.165) is 11.1 Å². The normalized spacial score (nSPS) is 10.8. The van der Waals surface area contributed by atoms with Gasteiger partial charge in [-0.15, -0.1) is 0 Å². The molecule has 6 nitrogen and oxygen atoms in total. The average molecular weight is 388 g/mol. The third kappa shape index (κ3) is 4.21. The van der Waals surface area contributed by atoms with Gasteiger partial charge in [0.2, 0.25) is 5.89 Å². The molecule has 0 bridgehead atoms. The van der Waals surface area contributed by atoms with Crippen LogP contribution in [0.25, 0.3) is 22.6 Å². The number of phenolic OH excluding ortho intramolecular Hbond substituents is 1. The molecular formula is C23H20N2O4. The standard InChI is InChI=1S/C23H20N2O4/c1-14-4-3-5-17(10-14)28-13-22(27)24-16-7-8-20(26)18(12-16)23-25-19-11-15(2)6-9-21(19)29-23/h3-12,26H,13H2,1-2H3,(H,24,27). The summed E-state index contributed by atoms with van der Waals surface area (Å²) in [5.41, 5.74) is 4.37. The van der Waals surface area contributed by atoms with Gasteiger partial charge in [-0.1, -0.05) is 18.2 Å². The molecule has 4 rings (SSSR count). The molecule has 2 N–H and O–H groups in total. The molecule has 0 atom stereocenters. The van der Waals surface area contributed by atoms with E-state index in [0.29, 0.717) is 28.1 Å². The number of phenols is 1. The molecule has 0 aliphatic rings. The van der Waals surface area contributed by atoms with Crippen molar-refractivity contribution in [3.63, 3.8) is 0 Å². The lowest BCUT2D eigenvalue weighted by Gasteiger charge is -2.09. The van der Waals surface area contributed by atoms with E-state index in [1.807, 2.05) is 50.2 Å². The number of anilines is 1. The Balaban J connectivity index is 1.50. The van der Waals surface area contributed by atoms with Crippen LogP contribution >= 0.6 is 0 Å². The van der Waals surface area contributed by atoms with Crippen LogP contribution in [0.3, 0.4) is 0 Å². The summed E-state index contributed by atoms with van der Waals surface area (Å²) in [7, 11) is 0. The van der Waals surface area contributed by atoms with Gasteiger partial charge >= 0.3 is 0 Å². The number of benzene rings is 3. The highest BCUT2D eigenvalue weighted by atomic mass is 16.5. The topological polar surface area (TPSA) is 84.6 Å². The van der Waals surface area contributed by atoms with Crippen LogP contribution in [0.1, 0.15) is 11.1 Å². The summed E-state index contributed by atoms with van der Waals surface area (Å²) < 4.78 is 11.3. The van der Waals surface area contributed by atoms with E-state index in [9.17, 15) is 9.90 Å². The fourth-order valence-corrected chi connectivity index (χ4v) is 2.99. The van der Waals surface area contributed by atoms with E-state index >= 15 is 0 Å². The number of hydrogen-bond acceptors (Lipinski definition) is 5. The molecule has 1 aromatic heterocycles. The van der Waals surface area contributed by atoms with Gasteiger partial charge in [-0.3, -0.25) is 4.79 Å². The molecule has 0 saturated carbocycles. The summed E-state index contributed by atoms with van der Waals surface area (Å²) in [4.78, 5) is 16.7. The van der Waals surface area contributed by atoms with Gasteiger partial charge in [0.1, 0.15) is 17.0 Å². The van der Waals surface area contributed by atoms with Crippen molar-refractivity contribution in [1.29, 1.82) is 0 Å². The minimum Gasteiger partial charge on any atom is -0.507 e. The first-order valence-electron chi connectivity index (χ1n) is 9.18. The second kappa shape index (κ2) is 7.67. The molecule has 0 saturated heterocycles. The Kier molecular flexibility index (Phi) is 4.91. The number of carbonyl (C=O) groups excluding carboxylic acids is 1. The molecule has 0 spiro atoms. The number of amides is 1. The number of aromatic hydroxyl groups is 1. The molecule has 1 heterocycles. The van der Waals surface area contributed by atoms with Gasteiger partial charge in [0.25, 0.3) is 5.91 Å². The molecular weight excluding hydrogens is 368 g/mol. The Hall–Kier alpha value is -3.80. The molecule has 1 amide bonds. The number of ether oxygens (including phenoxy) is 1. The van der Waals surface area contributed by atoms with E-state index in [-0.39, 0.29) is 24.2 Å². The predicted octanol–water partition coefficient (Wildman–Crippen LogP) is 4.83. The molecule has 0 aliphatic heterocycles. The third-order valence-electron chi connectivity index (χ3n) is 4.41. The van der Waals surface area contributed by atoms with Crippen LogP contribution in [-0.4, -0.2) is 22.6 Å². The minimum absolute atomic E-state index is 0.0160. The Morgan fingerprint density at radius 1 is 1.07 bits per heavy atom. The van der Waals surface area contributed by atoms with Gasteiger partial charge in [-0.2, -0.15) is 0 Å². The first-order chi connectivity index (χ1) is 14.0. The minimum atomic E-state index is -0.309. The number of nitrogens with one attached hydrogen (secondary N) is 1. The van der Waals surface area contributed by atoms with Crippen LogP contribution in [0.4, 0.5) is 5.69 Å². The van der Waals surface area contributed by atoms with Crippen LogP contribution in [0.15, 0.2) is 65.1 Å². The molecule has 0 radical (unpaired) electrons. The number of aryl methyl sites for hydroxylation is 2. The first kappa shape index (κ1) is 18.6. The molecule has 0 unspecified atom stereocenters. The van der Waals surface area contributed by atoms with Gasteiger partial charge in [0.05, 0.1) is 5.56 Å². The van der Waals surface area contributed by atoms with Crippen LogP contribution in [0.2, 0.25) is 0 Å². The lowest BCUT2D eigenvalue weighted by Crippen LogP contribution is -2.20. The van der Waals surface area contributed by atoms with Gasteiger partial charge < -0.3 is 19.6 Å². The average Bonchev–Trinajstić information content (AvgIpc) is 3.11. The number of nitrogens with zero attached hydrogens (tertiary/aromatic N) is 1. The van der Waals surface area contributed by atoms with Crippen molar-refractivity contribution in [2.24, 2.45) is 0 Å². The monoisotopic (exact) mass is 388 g/mol. The maximum Gasteiger partial charge on any atom is 0.262 e. The van der Waals surface area contributed by atoms with Gasteiger partial charge in [0, 0.05) is 5.69 Å². The summed E-state index contributed by atoms with van der Waals surface area (Å²) in [5.74, 6) is 0.627.